The van der Waals surface area contributed by atoms with Crippen LogP contribution in [0, 0.1) is 12.7 Å². The minimum absolute atomic E-state index is 0.0638. The van der Waals surface area contributed by atoms with Crippen molar-refractivity contribution < 1.29 is 9.50 Å². The van der Waals surface area contributed by atoms with E-state index in [4.69, 9.17) is 5.11 Å². The smallest absolute Gasteiger partial charge is 0.123 e. The summed E-state index contributed by atoms with van der Waals surface area (Å²) in [6.45, 7) is 2.49. The fraction of sp³-hybridized carbons (Fsp3) is 0.333. The Hall–Kier alpha value is -1.75. The van der Waals surface area contributed by atoms with Crippen molar-refractivity contribution in [3.05, 3.63) is 47.0 Å². The standard InChI is InChI=1S/C12H14FN3O/c1-9-6-11(13)3-2-10(9)7-16-8-12(4-5-17)14-15-16/h2-3,6,8,17H,4-5,7H2,1H3. The van der Waals surface area contributed by atoms with E-state index >= 15 is 0 Å². The lowest BCUT2D eigenvalue weighted by molar-refractivity contribution is 0.298. The first kappa shape index (κ1) is 11.7. The topological polar surface area (TPSA) is 50.9 Å². The van der Waals surface area contributed by atoms with Gasteiger partial charge in [-0.3, -0.25) is 0 Å². The number of aliphatic hydroxyl groups is 1. The van der Waals surface area contributed by atoms with Gasteiger partial charge in [-0.05, 0) is 30.2 Å². The molecule has 0 spiro atoms. The van der Waals surface area contributed by atoms with Crippen molar-refractivity contribution in [1.29, 1.82) is 0 Å². The van der Waals surface area contributed by atoms with Gasteiger partial charge in [-0.25, -0.2) is 9.07 Å². The molecule has 0 amide bonds. The highest BCUT2D eigenvalue weighted by Gasteiger charge is 2.04. The highest BCUT2D eigenvalue weighted by Crippen LogP contribution is 2.11. The Balaban J connectivity index is 2.13. The van der Waals surface area contributed by atoms with Crippen LogP contribution < -0.4 is 0 Å². The maximum atomic E-state index is 12.9. The lowest BCUT2D eigenvalue weighted by Crippen LogP contribution is -2.02. The third-order valence-corrected chi connectivity index (χ3v) is 2.59. The van der Waals surface area contributed by atoms with E-state index in [0.717, 1.165) is 16.8 Å². The maximum absolute atomic E-state index is 12.9. The molecule has 0 saturated heterocycles. The molecule has 1 heterocycles. The number of hydrogen-bond acceptors (Lipinski definition) is 3. The van der Waals surface area contributed by atoms with Crippen LogP contribution >= 0.6 is 0 Å². The van der Waals surface area contributed by atoms with E-state index in [9.17, 15) is 4.39 Å². The number of benzene rings is 1. The van der Waals surface area contributed by atoms with Gasteiger partial charge in [-0.2, -0.15) is 0 Å². The highest BCUT2D eigenvalue weighted by atomic mass is 19.1. The summed E-state index contributed by atoms with van der Waals surface area (Å²) in [7, 11) is 0. The Morgan fingerprint density at radius 2 is 2.24 bits per heavy atom. The largest absolute Gasteiger partial charge is 0.396 e. The second-order valence-corrected chi connectivity index (χ2v) is 3.95. The summed E-state index contributed by atoms with van der Waals surface area (Å²) in [6, 6.07) is 4.69. The molecular formula is C12H14FN3O. The van der Waals surface area contributed by atoms with Crippen molar-refractivity contribution in [2.75, 3.05) is 6.61 Å². The molecular weight excluding hydrogens is 221 g/mol. The van der Waals surface area contributed by atoms with Gasteiger partial charge in [-0.15, -0.1) is 5.10 Å². The van der Waals surface area contributed by atoms with Crippen molar-refractivity contribution in [2.24, 2.45) is 0 Å². The molecule has 0 radical (unpaired) electrons. The lowest BCUT2D eigenvalue weighted by atomic mass is 10.1. The first-order chi connectivity index (χ1) is 8.19. The summed E-state index contributed by atoms with van der Waals surface area (Å²) in [6.07, 6.45) is 2.29. The second-order valence-electron chi connectivity index (χ2n) is 3.95. The Bertz CT molecular complexity index is 510. The number of halogens is 1. The summed E-state index contributed by atoms with van der Waals surface area (Å²) in [5, 5.41) is 16.7. The van der Waals surface area contributed by atoms with Crippen LogP contribution in [0.5, 0.6) is 0 Å². The first-order valence-corrected chi connectivity index (χ1v) is 5.44. The normalized spacial score (nSPS) is 10.8. The van der Waals surface area contributed by atoms with Crippen LogP contribution in [-0.2, 0) is 13.0 Å². The molecule has 17 heavy (non-hydrogen) atoms. The van der Waals surface area contributed by atoms with Crippen molar-refractivity contribution in [1.82, 2.24) is 15.0 Å². The molecule has 0 atom stereocenters. The Kier molecular flexibility index (Phi) is 3.49. The van der Waals surface area contributed by atoms with Gasteiger partial charge in [0.1, 0.15) is 5.82 Å². The number of aliphatic hydroxyl groups excluding tert-OH is 1. The van der Waals surface area contributed by atoms with Gasteiger partial charge < -0.3 is 5.11 Å². The Labute approximate surface area is 98.7 Å². The van der Waals surface area contributed by atoms with Crippen LogP contribution in [0.1, 0.15) is 16.8 Å². The molecule has 5 heteroatoms. The van der Waals surface area contributed by atoms with Crippen molar-refractivity contribution in [3.63, 3.8) is 0 Å². The predicted molar refractivity (Wildman–Crippen MR) is 61.1 cm³/mol. The maximum Gasteiger partial charge on any atom is 0.123 e. The minimum Gasteiger partial charge on any atom is -0.396 e. The molecule has 0 fully saturated rings. The van der Waals surface area contributed by atoms with Crippen LogP contribution in [-0.4, -0.2) is 26.7 Å². The number of aryl methyl sites for hydroxylation is 1. The molecule has 1 N–H and O–H groups in total. The number of nitrogens with zero attached hydrogens (tertiary/aromatic N) is 3. The zero-order valence-corrected chi connectivity index (χ0v) is 9.60. The zero-order chi connectivity index (χ0) is 12.3. The average Bonchev–Trinajstić information content (AvgIpc) is 2.71. The third-order valence-electron chi connectivity index (χ3n) is 2.59. The summed E-state index contributed by atoms with van der Waals surface area (Å²) < 4.78 is 14.6. The zero-order valence-electron chi connectivity index (χ0n) is 9.60. The number of hydrogen-bond donors (Lipinski definition) is 1. The van der Waals surface area contributed by atoms with Crippen LogP contribution in [0.15, 0.2) is 24.4 Å². The summed E-state index contributed by atoms with van der Waals surface area (Å²) >= 11 is 0. The summed E-state index contributed by atoms with van der Waals surface area (Å²) in [5.41, 5.74) is 2.66. The van der Waals surface area contributed by atoms with Gasteiger partial charge in [0.2, 0.25) is 0 Å². The van der Waals surface area contributed by atoms with Crippen molar-refractivity contribution >= 4 is 0 Å². The highest BCUT2D eigenvalue weighted by molar-refractivity contribution is 5.26. The molecule has 0 aliphatic carbocycles. The second kappa shape index (κ2) is 5.05. The Morgan fingerprint density at radius 3 is 2.94 bits per heavy atom. The number of aromatic nitrogens is 3. The predicted octanol–water partition coefficient (Wildman–Crippen LogP) is 1.31. The Morgan fingerprint density at radius 1 is 1.41 bits per heavy atom. The molecule has 90 valence electrons. The molecule has 0 aliphatic heterocycles. The van der Waals surface area contributed by atoms with Gasteiger partial charge in [-0.1, -0.05) is 11.3 Å². The lowest BCUT2D eigenvalue weighted by Gasteiger charge is -2.05. The molecule has 1 aromatic heterocycles. The third kappa shape index (κ3) is 2.88. The molecule has 0 bridgehead atoms. The molecule has 2 aromatic rings. The van der Waals surface area contributed by atoms with E-state index in [0.29, 0.717) is 13.0 Å². The fourth-order valence-electron chi connectivity index (χ4n) is 1.66. The van der Waals surface area contributed by atoms with Gasteiger partial charge in [0.05, 0.1) is 12.2 Å². The molecule has 4 nitrogen and oxygen atoms in total. The number of rotatable bonds is 4. The van der Waals surface area contributed by atoms with E-state index in [1.807, 2.05) is 6.92 Å². The SMILES string of the molecule is Cc1cc(F)ccc1Cn1cc(CCO)nn1. The molecule has 2 rings (SSSR count). The van der Waals surface area contributed by atoms with E-state index in [-0.39, 0.29) is 12.4 Å². The van der Waals surface area contributed by atoms with Crippen LogP contribution in [0.3, 0.4) is 0 Å². The van der Waals surface area contributed by atoms with Crippen LogP contribution in [0.25, 0.3) is 0 Å². The average molecular weight is 235 g/mol. The molecule has 0 unspecified atom stereocenters. The molecule has 0 saturated carbocycles. The molecule has 0 aliphatic rings. The summed E-state index contributed by atoms with van der Waals surface area (Å²) in [4.78, 5) is 0. The van der Waals surface area contributed by atoms with E-state index in [1.165, 1.54) is 12.1 Å². The monoisotopic (exact) mass is 235 g/mol. The van der Waals surface area contributed by atoms with Crippen LogP contribution in [0.4, 0.5) is 4.39 Å². The van der Waals surface area contributed by atoms with Gasteiger partial charge in [0, 0.05) is 19.2 Å². The van der Waals surface area contributed by atoms with Crippen molar-refractivity contribution in [2.45, 2.75) is 19.9 Å². The first-order valence-electron chi connectivity index (χ1n) is 5.44. The quantitative estimate of drug-likeness (QED) is 0.869. The minimum atomic E-state index is -0.231. The van der Waals surface area contributed by atoms with E-state index in [1.54, 1.807) is 16.9 Å². The van der Waals surface area contributed by atoms with Crippen molar-refractivity contribution in [3.8, 4) is 0 Å². The summed E-state index contributed by atoms with van der Waals surface area (Å²) in [5.74, 6) is -0.231. The van der Waals surface area contributed by atoms with E-state index < -0.39 is 0 Å². The molecule has 1 aromatic carbocycles. The fourth-order valence-corrected chi connectivity index (χ4v) is 1.66. The van der Waals surface area contributed by atoms with E-state index in [2.05, 4.69) is 10.3 Å². The van der Waals surface area contributed by atoms with Crippen LogP contribution in [0.2, 0.25) is 0 Å². The van der Waals surface area contributed by atoms with Gasteiger partial charge in [0.15, 0.2) is 0 Å². The van der Waals surface area contributed by atoms with Gasteiger partial charge in [0.25, 0.3) is 0 Å². The van der Waals surface area contributed by atoms with Gasteiger partial charge >= 0.3 is 0 Å².